The highest BCUT2D eigenvalue weighted by Crippen LogP contribution is 2.25. The molecule has 3 rings (SSSR count). The molecule has 0 aliphatic carbocycles. The Hall–Kier alpha value is -2.74. The van der Waals surface area contributed by atoms with Gasteiger partial charge in [-0.05, 0) is 67.5 Å². The van der Waals surface area contributed by atoms with Gasteiger partial charge in [-0.3, -0.25) is 4.72 Å². The molecule has 2 aromatic rings. The van der Waals surface area contributed by atoms with Gasteiger partial charge in [-0.1, -0.05) is 31.2 Å². The van der Waals surface area contributed by atoms with Crippen LogP contribution in [0.25, 0.3) is 11.1 Å². The van der Waals surface area contributed by atoms with E-state index < -0.39 is 10.0 Å². The molecular weight excluding hydrogens is 428 g/mol. The summed E-state index contributed by atoms with van der Waals surface area (Å²) in [7, 11) is -3.28. The van der Waals surface area contributed by atoms with Crippen LogP contribution in [0.1, 0.15) is 33.1 Å². The molecule has 1 atom stereocenters. The van der Waals surface area contributed by atoms with Gasteiger partial charge in [0.1, 0.15) is 11.9 Å². The summed E-state index contributed by atoms with van der Waals surface area (Å²) < 4.78 is 36.5. The molecule has 32 heavy (non-hydrogen) atoms. The molecule has 1 aliphatic rings. The number of anilines is 1. The lowest BCUT2D eigenvalue weighted by Gasteiger charge is -2.31. The second kappa shape index (κ2) is 10.7. The monoisotopic (exact) mass is 460 g/mol. The fourth-order valence-electron chi connectivity index (χ4n) is 3.51. The lowest BCUT2D eigenvalue weighted by Crippen LogP contribution is -2.41. The topological polar surface area (TPSA) is 84.9 Å². The van der Waals surface area contributed by atoms with Gasteiger partial charge in [0, 0.05) is 18.8 Å². The highest BCUT2D eigenvalue weighted by Gasteiger charge is 2.25. The number of rotatable bonds is 8. The predicted molar refractivity (Wildman–Crippen MR) is 126 cm³/mol. The van der Waals surface area contributed by atoms with E-state index in [9.17, 15) is 13.2 Å². The van der Waals surface area contributed by atoms with Gasteiger partial charge in [-0.2, -0.15) is 0 Å². The van der Waals surface area contributed by atoms with E-state index in [1.54, 1.807) is 17.0 Å². The molecule has 1 saturated heterocycles. The quantitative estimate of drug-likeness (QED) is 0.614. The van der Waals surface area contributed by atoms with E-state index in [1.807, 2.05) is 50.2 Å². The number of sulfonamides is 1. The number of benzene rings is 2. The minimum Gasteiger partial charge on any atom is -0.493 e. The number of nitrogens with one attached hydrogen (secondary N) is 1. The fourth-order valence-corrected chi connectivity index (χ4v) is 4.08. The van der Waals surface area contributed by atoms with Crippen LogP contribution in [0.3, 0.4) is 0 Å². The molecular formula is C24H32N2O5S. The third-order valence-electron chi connectivity index (χ3n) is 5.61. The fraction of sp³-hybridized carbons (Fsp3) is 0.458. The normalized spacial score (nSPS) is 15.8. The largest absolute Gasteiger partial charge is 0.493 e. The number of piperidine rings is 1. The molecule has 0 aromatic heterocycles. The van der Waals surface area contributed by atoms with Gasteiger partial charge < -0.3 is 14.4 Å². The molecule has 1 unspecified atom stereocenters. The molecule has 8 heteroatoms. The summed E-state index contributed by atoms with van der Waals surface area (Å²) in [5.74, 6) is 1.22. The van der Waals surface area contributed by atoms with Crippen molar-refractivity contribution in [3.63, 3.8) is 0 Å². The Morgan fingerprint density at radius 1 is 1.06 bits per heavy atom. The van der Waals surface area contributed by atoms with E-state index in [1.165, 1.54) is 0 Å². The van der Waals surface area contributed by atoms with Gasteiger partial charge in [0.15, 0.2) is 0 Å². The van der Waals surface area contributed by atoms with Gasteiger partial charge in [0.2, 0.25) is 10.0 Å². The maximum Gasteiger partial charge on any atom is 0.410 e. The minimum absolute atomic E-state index is 0.0476. The smallest absolute Gasteiger partial charge is 0.410 e. The van der Waals surface area contributed by atoms with E-state index in [0.717, 1.165) is 42.4 Å². The van der Waals surface area contributed by atoms with Crippen LogP contribution in [0.15, 0.2) is 48.5 Å². The summed E-state index contributed by atoms with van der Waals surface area (Å²) in [6.45, 7) is 5.94. The van der Waals surface area contributed by atoms with Crippen LogP contribution in [0.4, 0.5) is 10.5 Å². The van der Waals surface area contributed by atoms with Crippen LogP contribution in [-0.2, 0) is 14.8 Å². The summed E-state index contributed by atoms with van der Waals surface area (Å²) in [5, 5.41) is 0. The molecule has 0 saturated carbocycles. The summed E-state index contributed by atoms with van der Waals surface area (Å²) in [5.41, 5.74) is 2.55. The first-order valence-electron chi connectivity index (χ1n) is 11.0. The van der Waals surface area contributed by atoms with Crippen molar-refractivity contribution in [3.8, 4) is 16.9 Å². The number of ether oxygens (including phenoxy) is 2. The Labute approximate surface area is 190 Å². The van der Waals surface area contributed by atoms with Crippen LogP contribution in [0.2, 0.25) is 0 Å². The summed E-state index contributed by atoms with van der Waals surface area (Å²) in [6.07, 6.45) is 3.50. The lowest BCUT2D eigenvalue weighted by molar-refractivity contribution is 0.0540. The number of amides is 1. The maximum atomic E-state index is 12.1. The Morgan fingerprint density at radius 3 is 2.16 bits per heavy atom. The van der Waals surface area contributed by atoms with E-state index in [2.05, 4.69) is 4.72 Å². The van der Waals surface area contributed by atoms with Crippen molar-refractivity contribution in [1.29, 1.82) is 0 Å². The zero-order valence-corrected chi connectivity index (χ0v) is 19.7. The van der Waals surface area contributed by atoms with E-state index in [-0.39, 0.29) is 12.2 Å². The highest BCUT2D eigenvalue weighted by atomic mass is 32.2. The number of likely N-dealkylation sites (tertiary alicyclic amines) is 1. The van der Waals surface area contributed by atoms with Crippen molar-refractivity contribution in [2.45, 2.75) is 39.2 Å². The molecule has 7 nitrogen and oxygen atoms in total. The van der Waals surface area contributed by atoms with Crippen LogP contribution >= 0.6 is 0 Å². The highest BCUT2D eigenvalue weighted by molar-refractivity contribution is 7.92. The van der Waals surface area contributed by atoms with Crippen molar-refractivity contribution >= 4 is 21.8 Å². The van der Waals surface area contributed by atoms with E-state index in [4.69, 9.17) is 9.47 Å². The van der Waals surface area contributed by atoms with E-state index >= 15 is 0 Å². The number of hydrogen-bond donors (Lipinski definition) is 1. The number of hydrogen-bond acceptors (Lipinski definition) is 5. The van der Waals surface area contributed by atoms with Gasteiger partial charge >= 0.3 is 6.09 Å². The number of carbonyl (C=O) groups excluding carboxylic acids is 1. The second-order valence-corrected chi connectivity index (χ2v) is 10.1. The summed E-state index contributed by atoms with van der Waals surface area (Å²) in [4.78, 5) is 13.9. The van der Waals surface area contributed by atoms with Crippen LogP contribution in [0.5, 0.6) is 5.75 Å². The zero-order valence-electron chi connectivity index (χ0n) is 18.9. The van der Waals surface area contributed by atoms with Gasteiger partial charge in [-0.25, -0.2) is 13.2 Å². The Kier molecular flexibility index (Phi) is 8.01. The molecule has 1 fully saturated rings. The first-order valence-corrected chi connectivity index (χ1v) is 12.9. The lowest BCUT2D eigenvalue weighted by atomic mass is 9.98. The second-order valence-electron chi connectivity index (χ2n) is 8.32. The first-order chi connectivity index (χ1) is 15.2. The Balaban J connectivity index is 1.46. The van der Waals surface area contributed by atoms with Gasteiger partial charge in [-0.15, -0.1) is 0 Å². The number of carbonyl (C=O) groups is 1. The van der Waals surface area contributed by atoms with Crippen molar-refractivity contribution in [2.75, 3.05) is 30.7 Å². The molecule has 1 N–H and O–H groups in total. The van der Waals surface area contributed by atoms with Crippen LogP contribution in [0, 0.1) is 5.92 Å². The molecule has 174 valence electrons. The van der Waals surface area contributed by atoms with Crippen molar-refractivity contribution in [1.82, 2.24) is 4.90 Å². The zero-order chi connectivity index (χ0) is 23.1. The predicted octanol–water partition coefficient (Wildman–Crippen LogP) is 4.75. The molecule has 1 heterocycles. The van der Waals surface area contributed by atoms with Crippen molar-refractivity contribution in [2.24, 2.45) is 5.92 Å². The van der Waals surface area contributed by atoms with Crippen LogP contribution < -0.4 is 9.46 Å². The van der Waals surface area contributed by atoms with Gasteiger partial charge in [0.25, 0.3) is 0 Å². The summed E-state index contributed by atoms with van der Waals surface area (Å²) in [6, 6.07) is 15.1. The number of nitrogens with zero attached hydrogens (tertiary/aromatic N) is 1. The summed E-state index contributed by atoms with van der Waals surface area (Å²) >= 11 is 0. The molecule has 0 spiro atoms. The van der Waals surface area contributed by atoms with Crippen molar-refractivity contribution in [3.05, 3.63) is 48.5 Å². The third kappa shape index (κ3) is 7.15. The Bertz CT molecular complexity index is 982. The minimum atomic E-state index is -3.28. The van der Waals surface area contributed by atoms with E-state index in [0.29, 0.717) is 31.3 Å². The first kappa shape index (κ1) is 23.9. The maximum absolute atomic E-state index is 12.1. The molecule has 1 amide bonds. The third-order valence-corrected chi connectivity index (χ3v) is 6.22. The molecule has 0 bridgehead atoms. The average Bonchev–Trinajstić information content (AvgIpc) is 2.78. The van der Waals surface area contributed by atoms with Crippen molar-refractivity contribution < 1.29 is 22.7 Å². The molecule has 2 aromatic carbocycles. The average molecular weight is 461 g/mol. The molecule has 0 radical (unpaired) electrons. The van der Waals surface area contributed by atoms with Gasteiger partial charge in [0.05, 0.1) is 12.9 Å². The van der Waals surface area contributed by atoms with Crippen LogP contribution in [-0.4, -0.2) is 51.5 Å². The Morgan fingerprint density at radius 2 is 1.62 bits per heavy atom. The molecule has 1 aliphatic heterocycles. The SMILES string of the molecule is CCC(C)OC(=O)N1CCC(COc2ccc(-c3ccc(NS(C)(=O)=O)cc3)cc2)CC1. The standard InChI is InChI=1S/C24H32N2O5S/c1-4-18(2)31-24(27)26-15-13-19(14-16-26)17-30-23-11-7-21(8-12-23)20-5-9-22(10-6-20)25-32(3,28)29/h5-12,18-19,25H,4,13-17H2,1-3H3.